The Kier molecular flexibility index (Phi) is 6.46. The summed E-state index contributed by atoms with van der Waals surface area (Å²) in [5.74, 6) is 0. The van der Waals surface area contributed by atoms with Gasteiger partial charge in [-0.2, -0.15) is 0 Å². The lowest BCUT2D eigenvalue weighted by atomic mass is 10.1. The Morgan fingerprint density at radius 2 is 1.67 bits per heavy atom. The number of likely N-dealkylation sites (tertiary alicyclic amines) is 1. The lowest BCUT2D eigenvalue weighted by Crippen LogP contribution is -2.35. The summed E-state index contributed by atoms with van der Waals surface area (Å²) in [6, 6.07) is 0. The molecular weight excluding hydrogens is 224 g/mol. The minimum absolute atomic E-state index is 0.463. The Morgan fingerprint density at radius 3 is 2.39 bits per heavy atom. The van der Waals surface area contributed by atoms with Crippen molar-refractivity contribution in [2.75, 3.05) is 32.7 Å². The summed E-state index contributed by atoms with van der Waals surface area (Å²) in [6.45, 7) is 7.99. The first-order valence-corrected chi connectivity index (χ1v) is 7.97. The van der Waals surface area contributed by atoms with Gasteiger partial charge in [0.1, 0.15) is 0 Å². The molecule has 2 unspecified atom stereocenters. The van der Waals surface area contributed by atoms with E-state index in [9.17, 15) is 0 Å². The van der Waals surface area contributed by atoms with Crippen molar-refractivity contribution >= 4 is 0 Å². The van der Waals surface area contributed by atoms with Gasteiger partial charge in [-0.15, -0.1) is 0 Å². The van der Waals surface area contributed by atoms with Gasteiger partial charge >= 0.3 is 0 Å². The van der Waals surface area contributed by atoms with E-state index in [1.165, 1.54) is 64.6 Å². The molecule has 1 N–H and O–H groups in total. The summed E-state index contributed by atoms with van der Waals surface area (Å²) < 4.78 is 6.13. The molecular formula is C15H30N2O. The van der Waals surface area contributed by atoms with Gasteiger partial charge in [-0.3, -0.25) is 0 Å². The number of nitrogens with zero attached hydrogens (tertiary/aromatic N) is 1. The number of hydrogen-bond acceptors (Lipinski definition) is 3. The molecule has 2 fully saturated rings. The molecule has 0 amide bonds. The fourth-order valence-electron chi connectivity index (χ4n) is 3.15. The van der Waals surface area contributed by atoms with E-state index in [4.69, 9.17) is 4.74 Å². The van der Waals surface area contributed by atoms with Crippen molar-refractivity contribution in [2.24, 2.45) is 0 Å². The second-order valence-electron chi connectivity index (χ2n) is 5.83. The van der Waals surface area contributed by atoms with E-state index in [1.807, 2.05) is 0 Å². The van der Waals surface area contributed by atoms with Gasteiger partial charge in [-0.25, -0.2) is 0 Å². The van der Waals surface area contributed by atoms with Crippen molar-refractivity contribution in [2.45, 2.75) is 64.1 Å². The lowest BCUT2D eigenvalue weighted by Gasteiger charge is -2.27. The molecule has 0 aromatic carbocycles. The Morgan fingerprint density at radius 1 is 1.00 bits per heavy atom. The molecule has 2 rings (SSSR count). The van der Waals surface area contributed by atoms with Crippen LogP contribution in [0, 0.1) is 0 Å². The van der Waals surface area contributed by atoms with Crippen LogP contribution in [-0.4, -0.2) is 49.8 Å². The van der Waals surface area contributed by atoms with Gasteiger partial charge in [0.15, 0.2) is 0 Å². The lowest BCUT2D eigenvalue weighted by molar-refractivity contribution is 0.0222. The molecule has 2 saturated heterocycles. The quantitative estimate of drug-likeness (QED) is 0.815. The Bertz CT molecular complexity index is 215. The Balaban J connectivity index is 1.66. The van der Waals surface area contributed by atoms with E-state index in [1.54, 1.807) is 0 Å². The topological polar surface area (TPSA) is 24.5 Å². The first-order chi connectivity index (χ1) is 8.88. The molecule has 106 valence electrons. The fourth-order valence-corrected chi connectivity index (χ4v) is 3.15. The highest BCUT2D eigenvalue weighted by molar-refractivity contribution is 4.78. The van der Waals surface area contributed by atoms with Crippen LogP contribution in [0.5, 0.6) is 0 Å². The second-order valence-corrected chi connectivity index (χ2v) is 5.83. The molecule has 2 atom stereocenters. The van der Waals surface area contributed by atoms with Crippen LogP contribution < -0.4 is 5.32 Å². The molecule has 2 aliphatic rings. The molecule has 0 radical (unpaired) electrons. The smallest absolute Gasteiger partial charge is 0.0707 e. The molecule has 2 aliphatic heterocycles. The average Bonchev–Trinajstić information content (AvgIpc) is 2.77. The molecule has 0 aromatic rings. The molecule has 3 nitrogen and oxygen atoms in total. The van der Waals surface area contributed by atoms with E-state index in [0.29, 0.717) is 12.2 Å². The zero-order chi connectivity index (χ0) is 12.6. The van der Waals surface area contributed by atoms with Crippen LogP contribution in [-0.2, 0) is 4.74 Å². The molecule has 0 bridgehead atoms. The van der Waals surface area contributed by atoms with E-state index in [0.717, 1.165) is 13.1 Å². The van der Waals surface area contributed by atoms with E-state index in [2.05, 4.69) is 17.1 Å². The molecule has 3 heteroatoms. The largest absolute Gasteiger partial charge is 0.372 e. The maximum absolute atomic E-state index is 6.13. The summed E-state index contributed by atoms with van der Waals surface area (Å²) in [5.41, 5.74) is 0. The molecule has 0 saturated carbocycles. The molecule has 0 aliphatic carbocycles. The van der Waals surface area contributed by atoms with Crippen LogP contribution in [0.4, 0.5) is 0 Å². The zero-order valence-corrected chi connectivity index (χ0v) is 12.0. The third kappa shape index (κ3) is 4.87. The number of rotatable bonds is 5. The maximum atomic E-state index is 6.13. The van der Waals surface area contributed by atoms with Gasteiger partial charge < -0.3 is 15.0 Å². The van der Waals surface area contributed by atoms with E-state index >= 15 is 0 Å². The van der Waals surface area contributed by atoms with Crippen molar-refractivity contribution < 1.29 is 4.74 Å². The minimum Gasteiger partial charge on any atom is -0.372 e. The summed E-state index contributed by atoms with van der Waals surface area (Å²) in [5, 5.41) is 3.39. The van der Waals surface area contributed by atoms with Crippen LogP contribution in [0.15, 0.2) is 0 Å². The summed E-state index contributed by atoms with van der Waals surface area (Å²) >= 11 is 0. The summed E-state index contributed by atoms with van der Waals surface area (Å²) in [7, 11) is 0. The molecule has 0 aromatic heterocycles. The van der Waals surface area contributed by atoms with Crippen molar-refractivity contribution in [1.82, 2.24) is 10.2 Å². The third-order valence-corrected chi connectivity index (χ3v) is 4.23. The van der Waals surface area contributed by atoms with Gasteiger partial charge in [0.05, 0.1) is 12.2 Å². The highest BCUT2D eigenvalue weighted by Gasteiger charge is 2.26. The molecule has 2 heterocycles. The van der Waals surface area contributed by atoms with Crippen molar-refractivity contribution in [3.8, 4) is 0 Å². The number of nitrogens with one attached hydrogen (secondary N) is 1. The predicted molar refractivity (Wildman–Crippen MR) is 76.0 cm³/mol. The molecule has 18 heavy (non-hydrogen) atoms. The SMILES string of the molecule is CCNCC1CCC(CN2CCCCCCC2)O1. The average molecular weight is 254 g/mol. The van der Waals surface area contributed by atoms with Gasteiger partial charge in [0.2, 0.25) is 0 Å². The Hall–Kier alpha value is -0.120. The second kappa shape index (κ2) is 8.13. The summed E-state index contributed by atoms with van der Waals surface area (Å²) in [6.07, 6.45) is 10.5. The number of hydrogen-bond donors (Lipinski definition) is 1. The van der Waals surface area contributed by atoms with Crippen molar-refractivity contribution in [3.05, 3.63) is 0 Å². The van der Waals surface area contributed by atoms with E-state index < -0.39 is 0 Å². The minimum atomic E-state index is 0.463. The highest BCUT2D eigenvalue weighted by Crippen LogP contribution is 2.21. The van der Waals surface area contributed by atoms with E-state index in [-0.39, 0.29) is 0 Å². The van der Waals surface area contributed by atoms with Crippen molar-refractivity contribution in [1.29, 1.82) is 0 Å². The highest BCUT2D eigenvalue weighted by atomic mass is 16.5. The number of ether oxygens (including phenoxy) is 1. The first kappa shape index (κ1) is 14.3. The molecule has 0 spiro atoms. The fraction of sp³-hybridized carbons (Fsp3) is 1.00. The van der Waals surface area contributed by atoms with Crippen LogP contribution in [0.1, 0.15) is 51.9 Å². The normalized spacial score (nSPS) is 31.2. The van der Waals surface area contributed by atoms with Gasteiger partial charge in [-0.05, 0) is 45.3 Å². The third-order valence-electron chi connectivity index (χ3n) is 4.23. The van der Waals surface area contributed by atoms with Crippen LogP contribution >= 0.6 is 0 Å². The van der Waals surface area contributed by atoms with Crippen LogP contribution in [0.25, 0.3) is 0 Å². The van der Waals surface area contributed by atoms with Crippen molar-refractivity contribution in [3.63, 3.8) is 0 Å². The summed E-state index contributed by atoms with van der Waals surface area (Å²) in [4.78, 5) is 2.64. The maximum Gasteiger partial charge on any atom is 0.0707 e. The standard InChI is InChI=1S/C15H30N2O/c1-2-16-12-14-8-9-15(18-14)13-17-10-6-4-3-5-7-11-17/h14-16H,2-13H2,1H3. The van der Waals surface area contributed by atoms with Crippen LogP contribution in [0.2, 0.25) is 0 Å². The number of likely N-dealkylation sites (N-methyl/N-ethyl adjacent to an activating group) is 1. The monoisotopic (exact) mass is 254 g/mol. The zero-order valence-electron chi connectivity index (χ0n) is 12.0. The van der Waals surface area contributed by atoms with Crippen LogP contribution in [0.3, 0.4) is 0 Å². The first-order valence-electron chi connectivity index (χ1n) is 7.97. The Labute approximate surface area is 112 Å². The van der Waals surface area contributed by atoms with Gasteiger partial charge in [0, 0.05) is 13.1 Å². The predicted octanol–water partition coefficient (Wildman–Crippen LogP) is 2.41. The van der Waals surface area contributed by atoms with Gasteiger partial charge in [-0.1, -0.05) is 26.2 Å². The van der Waals surface area contributed by atoms with Gasteiger partial charge in [0.25, 0.3) is 0 Å².